The number of amides is 1. The highest BCUT2D eigenvalue weighted by molar-refractivity contribution is 5.88. The molecular weight excluding hydrogens is 174 g/mol. The molecule has 1 saturated heterocycles. The van der Waals surface area contributed by atoms with Crippen LogP contribution < -0.4 is 0 Å². The Morgan fingerprint density at radius 3 is 1.79 bits per heavy atom. The van der Waals surface area contributed by atoms with Gasteiger partial charge >= 0.3 is 0 Å². The highest BCUT2D eigenvalue weighted by Crippen LogP contribution is 2.56. The quantitative estimate of drug-likeness (QED) is 0.589. The van der Waals surface area contributed by atoms with Crippen LogP contribution in [-0.4, -0.2) is 23.4 Å². The number of hydrogen-bond donors (Lipinski definition) is 0. The van der Waals surface area contributed by atoms with E-state index in [1.807, 2.05) is 18.9 Å². The average Bonchev–Trinajstić information content (AvgIpc) is 2.19. The van der Waals surface area contributed by atoms with Crippen molar-refractivity contribution in [3.63, 3.8) is 0 Å². The number of hydrogen-bond acceptors (Lipinski definition) is 1. The van der Waals surface area contributed by atoms with Crippen LogP contribution >= 0.6 is 0 Å². The first-order chi connectivity index (χ1) is 6.13. The summed E-state index contributed by atoms with van der Waals surface area (Å²) in [7, 11) is 1.87. The fourth-order valence-corrected chi connectivity index (χ4v) is 2.27. The van der Waals surface area contributed by atoms with Gasteiger partial charge in [-0.1, -0.05) is 19.9 Å². The normalized spacial score (nSPS) is 34.7. The van der Waals surface area contributed by atoms with E-state index in [1.54, 1.807) is 6.08 Å². The van der Waals surface area contributed by atoms with E-state index in [2.05, 4.69) is 34.3 Å². The third kappa shape index (κ3) is 0.891. The van der Waals surface area contributed by atoms with Gasteiger partial charge in [0.25, 0.3) is 0 Å². The summed E-state index contributed by atoms with van der Waals surface area (Å²) >= 11 is 0. The minimum absolute atomic E-state index is 0.104. The molecular formula is C12H21NO. The number of rotatable bonds is 1. The molecule has 0 aromatic heterocycles. The maximum Gasteiger partial charge on any atom is 0.233 e. The van der Waals surface area contributed by atoms with Crippen molar-refractivity contribution in [3.05, 3.63) is 12.7 Å². The molecule has 14 heavy (non-hydrogen) atoms. The van der Waals surface area contributed by atoms with Gasteiger partial charge in [-0.15, -0.1) is 6.58 Å². The Balaban J connectivity index is 3.40. The van der Waals surface area contributed by atoms with Gasteiger partial charge in [-0.25, -0.2) is 0 Å². The van der Waals surface area contributed by atoms with Crippen molar-refractivity contribution in [1.29, 1.82) is 0 Å². The minimum atomic E-state index is -0.453. The Kier molecular flexibility index (Phi) is 2.11. The van der Waals surface area contributed by atoms with Crippen molar-refractivity contribution in [3.8, 4) is 0 Å². The van der Waals surface area contributed by atoms with Crippen LogP contribution in [0.15, 0.2) is 12.7 Å². The highest BCUT2D eigenvalue weighted by atomic mass is 16.2. The van der Waals surface area contributed by atoms with Crippen LogP contribution in [0.4, 0.5) is 0 Å². The third-order valence-corrected chi connectivity index (χ3v) is 4.82. The SMILES string of the molecule is C=CC1(C)C(=O)N(C)C(C)(C)C1(C)C. The molecule has 2 heteroatoms. The maximum absolute atomic E-state index is 12.1. The lowest BCUT2D eigenvalue weighted by atomic mass is 9.61. The van der Waals surface area contributed by atoms with Gasteiger partial charge < -0.3 is 4.90 Å². The summed E-state index contributed by atoms with van der Waals surface area (Å²) in [5.41, 5.74) is -0.689. The van der Waals surface area contributed by atoms with E-state index in [-0.39, 0.29) is 16.9 Å². The van der Waals surface area contributed by atoms with Crippen molar-refractivity contribution in [2.45, 2.75) is 40.2 Å². The molecule has 1 heterocycles. The molecule has 2 nitrogen and oxygen atoms in total. The van der Waals surface area contributed by atoms with Gasteiger partial charge in [0.2, 0.25) is 5.91 Å². The Labute approximate surface area is 87.0 Å². The number of carbonyl (C=O) groups is 1. The fourth-order valence-electron chi connectivity index (χ4n) is 2.27. The van der Waals surface area contributed by atoms with Crippen LogP contribution in [0.25, 0.3) is 0 Å². The van der Waals surface area contributed by atoms with Crippen LogP contribution in [0.1, 0.15) is 34.6 Å². The van der Waals surface area contributed by atoms with Crippen molar-refractivity contribution < 1.29 is 4.79 Å². The monoisotopic (exact) mass is 195 g/mol. The molecule has 1 atom stereocenters. The van der Waals surface area contributed by atoms with Gasteiger partial charge in [-0.3, -0.25) is 4.79 Å². The number of nitrogens with zero attached hydrogens (tertiary/aromatic N) is 1. The highest BCUT2D eigenvalue weighted by Gasteiger charge is 2.62. The van der Waals surface area contributed by atoms with E-state index in [0.717, 1.165) is 0 Å². The molecule has 1 aliphatic heterocycles. The summed E-state index contributed by atoms with van der Waals surface area (Å²) in [6.45, 7) is 14.3. The molecule has 0 spiro atoms. The first-order valence-electron chi connectivity index (χ1n) is 5.05. The van der Waals surface area contributed by atoms with Crippen LogP contribution in [0.5, 0.6) is 0 Å². The zero-order valence-corrected chi connectivity index (χ0v) is 10.1. The largest absolute Gasteiger partial charge is 0.339 e. The van der Waals surface area contributed by atoms with Crippen LogP contribution in [0.2, 0.25) is 0 Å². The van der Waals surface area contributed by atoms with Crippen LogP contribution in [0, 0.1) is 10.8 Å². The second-order valence-corrected chi connectivity index (χ2v) is 5.45. The second-order valence-electron chi connectivity index (χ2n) is 5.45. The lowest BCUT2D eigenvalue weighted by Gasteiger charge is -2.43. The molecule has 0 aliphatic carbocycles. The molecule has 1 aliphatic rings. The summed E-state index contributed by atoms with van der Waals surface area (Å²) in [6, 6.07) is 0. The van der Waals surface area contributed by atoms with E-state index in [0.29, 0.717) is 0 Å². The summed E-state index contributed by atoms with van der Waals surface area (Å²) in [6.07, 6.45) is 1.79. The van der Waals surface area contributed by atoms with Gasteiger partial charge in [0.1, 0.15) is 0 Å². The smallest absolute Gasteiger partial charge is 0.233 e. The van der Waals surface area contributed by atoms with E-state index < -0.39 is 5.41 Å². The second kappa shape index (κ2) is 2.62. The van der Waals surface area contributed by atoms with Gasteiger partial charge in [-0.05, 0) is 20.8 Å². The predicted molar refractivity (Wildman–Crippen MR) is 58.9 cm³/mol. The Bertz CT molecular complexity index is 291. The summed E-state index contributed by atoms with van der Waals surface area (Å²) in [4.78, 5) is 14.0. The summed E-state index contributed by atoms with van der Waals surface area (Å²) in [5.74, 6) is 0.169. The maximum atomic E-state index is 12.1. The third-order valence-electron chi connectivity index (χ3n) is 4.82. The predicted octanol–water partition coefficient (Wildman–Crippen LogP) is 2.46. The van der Waals surface area contributed by atoms with Crippen LogP contribution in [0.3, 0.4) is 0 Å². The zero-order chi connectivity index (χ0) is 11.4. The summed E-state index contributed by atoms with van der Waals surface area (Å²) in [5, 5.41) is 0. The first-order valence-corrected chi connectivity index (χ1v) is 5.05. The van der Waals surface area contributed by atoms with E-state index in [9.17, 15) is 4.79 Å². The first kappa shape index (κ1) is 11.3. The molecule has 1 rings (SSSR count). The van der Waals surface area contributed by atoms with Crippen LogP contribution in [-0.2, 0) is 4.79 Å². The Morgan fingerprint density at radius 1 is 1.21 bits per heavy atom. The molecule has 0 N–H and O–H groups in total. The summed E-state index contributed by atoms with van der Waals surface area (Å²) < 4.78 is 0. The molecule has 0 saturated carbocycles. The Hall–Kier alpha value is -0.790. The van der Waals surface area contributed by atoms with Gasteiger partial charge in [-0.2, -0.15) is 0 Å². The molecule has 0 aromatic carbocycles. The number of carbonyl (C=O) groups excluding carboxylic acids is 1. The molecule has 80 valence electrons. The van der Waals surface area contributed by atoms with E-state index in [4.69, 9.17) is 0 Å². The van der Waals surface area contributed by atoms with Crippen molar-refractivity contribution in [2.24, 2.45) is 10.8 Å². The van der Waals surface area contributed by atoms with Gasteiger partial charge in [0.15, 0.2) is 0 Å². The molecule has 1 amide bonds. The number of likely N-dealkylation sites (tertiary alicyclic amines) is 1. The Morgan fingerprint density at radius 2 is 1.64 bits per heavy atom. The lowest BCUT2D eigenvalue weighted by Crippen LogP contribution is -2.47. The standard InChI is InChI=1S/C12H21NO/c1-8-12(6)9(14)13(7)11(4,5)10(12,2)3/h8H,1H2,2-7H3. The minimum Gasteiger partial charge on any atom is -0.339 e. The topological polar surface area (TPSA) is 20.3 Å². The van der Waals surface area contributed by atoms with Gasteiger partial charge in [0.05, 0.1) is 5.41 Å². The molecule has 1 unspecified atom stereocenters. The van der Waals surface area contributed by atoms with Crippen molar-refractivity contribution >= 4 is 5.91 Å². The lowest BCUT2D eigenvalue weighted by molar-refractivity contribution is -0.134. The van der Waals surface area contributed by atoms with Crippen molar-refractivity contribution in [2.75, 3.05) is 7.05 Å². The van der Waals surface area contributed by atoms with E-state index in [1.165, 1.54) is 0 Å². The van der Waals surface area contributed by atoms with Gasteiger partial charge in [0, 0.05) is 18.0 Å². The zero-order valence-electron chi connectivity index (χ0n) is 10.1. The molecule has 0 radical (unpaired) electrons. The fraction of sp³-hybridized carbons (Fsp3) is 0.750. The molecule has 0 aromatic rings. The molecule has 1 fully saturated rings. The van der Waals surface area contributed by atoms with E-state index >= 15 is 0 Å². The van der Waals surface area contributed by atoms with Crippen molar-refractivity contribution in [1.82, 2.24) is 4.90 Å². The molecule has 0 bridgehead atoms. The average molecular weight is 195 g/mol.